The topological polar surface area (TPSA) is 40.5 Å². The van der Waals surface area contributed by atoms with Crippen molar-refractivity contribution in [3.8, 4) is 0 Å². The monoisotopic (exact) mass is 142 g/mol. The first kappa shape index (κ1) is 6.62. The lowest BCUT2D eigenvalue weighted by Gasteiger charge is -2.13. The fraction of sp³-hybridized carbons (Fsp3) is 1.00. The molecule has 10 heavy (non-hydrogen) atoms. The Balaban J connectivity index is 2.09. The molecular formula is C8H14O2. The maximum absolute atomic E-state index is 9.41. The highest BCUT2D eigenvalue weighted by atomic mass is 16.3. The van der Waals surface area contributed by atoms with E-state index in [1.165, 1.54) is 0 Å². The van der Waals surface area contributed by atoms with Crippen molar-refractivity contribution in [2.45, 2.75) is 37.9 Å². The van der Waals surface area contributed by atoms with Crippen molar-refractivity contribution in [1.29, 1.82) is 0 Å². The van der Waals surface area contributed by atoms with E-state index in [1.807, 2.05) is 0 Å². The summed E-state index contributed by atoms with van der Waals surface area (Å²) >= 11 is 0. The Morgan fingerprint density at radius 3 is 1.50 bits per heavy atom. The predicted octanol–water partition coefficient (Wildman–Crippen LogP) is 0.528. The summed E-state index contributed by atoms with van der Waals surface area (Å²) in [6.45, 7) is 0. The van der Waals surface area contributed by atoms with Gasteiger partial charge in [0.25, 0.3) is 0 Å². The predicted molar refractivity (Wildman–Crippen MR) is 37.5 cm³/mol. The zero-order valence-electron chi connectivity index (χ0n) is 6.03. The van der Waals surface area contributed by atoms with Crippen LogP contribution in [0.25, 0.3) is 0 Å². The first-order valence-electron chi connectivity index (χ1n) is 4.15. The van der Waals surface area contributed by atoms with E-state index in [1.54, 1.807) is 0 Å². The van der Waals surface area contributed by atoms with Crippen LogP contribution in [0.2, 0.25) is 0 Å². The van der Waals surface area contributed by atoms with E-state index in [4.69, 9.17) is 0 Å². The molecule has 0 amide bonds. The molecule has 0 spiro atoms. The first-order chi connectivity index (χ1) is 4.79. The zero-order chi connectivity index (χ0) is 7.14. The van der Waals surface area contributed by atoms with Crippen LogP contribution in [-0.2, 0) is 0 Å². The largest absolute Gasteiger partial charge is 0.393 e. The molecule has 0 radical (unpaired) electrons. The highest BCUT2D eigenvalue weighted by Gasteiger charge is 2.43. The summed E-state index contributed by atoms with van der Waals surface area (Å²) in [6.07, 6.45) is 3.67. The Bertz CT molecular complexity index is 119. The Morgan fingerprint density at radius 2 is 1.10 bits per heavy atom. The van der Waals surface area contributed by atoms with Gasteiger partial charge in [-0.05, 0) is 37.5 Å². The third kappa shape index (κ3) is 0.789. The second-order valence-corrected chi connectivity index (χ2v) is 3.62. The van der Waals surface area contributed by atoms with E-state index < -0.39 is 0 Å². The first-order valence-corrected chi connectivity index (χ1v) is 4.15. The molecule has 2 nitrogen and oxygen atoms in total. The van der Waals surface area contributed by atoms with Gasteiger partial charge in [-0.2, -0.15) is 0 Å². The highest BCUT2D eigenvalue weighted by molar-refractivity contribution is 4.93. The summed E-state index contributed by atoms with van der Waals surface area (Å²) < 4.78 is 0. The number of fused-ring (bicyclic) bond motifs is 1. The number of aliphatic hydroxyl groups is 2. The Morgan fingerprint density at radius 1 is 0.700 bits per heavy atom. The molecule has 2 rings (SSSR count). The van der Waals surface area contributed by atoms with E-state index in [0.717, 1.165) is 25.7 Å². The average Bonchev–Trinajstić information content (AvgIpc) is 2.41. The lowest BCUT2D eigenvalue weighted by molar-refractivity contribution is 0.0988. The zero-order valence-corrected chi connectivity index (χ0v) is 6.03. The smallest absolute Gasteiger partial charge is 0.0572 e. The van der Waals surface area contributed by atoms with Gasteiger partial charge in [-0.15, -0.1) is 0 Å². The Labute approximate surface area is 60.9 Å². The minimum absolute atomic E-state index is 0.109. The lowest BCUT2D eigenvalue weighted by atomic mass is 9.98. The van der Waals surface area contributed by atoms with Gasteiger partial charge in [0.1, 0.15) is 0 Å². The Hall–Kier alpha value is -0.0800. The van der Waals surface area contributed by atoms with Crippen LogP contribution in [0.3, 0.4) is 0 Å². The van der Waals surface area contributed by atoms with Gasteiger partial charge in [-0.1, -0.05) is 0 Å². The standard InChI is InChI=1S/C8H14O2/c9-7-3-1-5-6(7)2-4-8(5)10/h5-10H,1-4H2/t5-,6+,7-,8-/m1/s1. The molecule has 2 N–H and O–H groups in total. The normalized spacial score (nSPS) is 53.4. The van der Waals surface area contributed by atoms with Gasteiger partial charge in [0, 0.05) is 0 Å². The van der Waals surface area contributed by atoms with Gasteiger partial charge in [-0.25, -0.2) is 0 Å². The number of rotatable bonds is 0. The van der Waals surface area contributed by atoms with Crippen molar-refractivity contribution >= 4 is 0 Å². The van der Waals surface area contributed by atoms with Gasteiger partial charge < -0.3 is 10.2 Å². The van der Waals surface area contributed by atoms with Crippen molar-refractivity contribution in [2.75, 3.05) is 0 Å². The van der Waals surface area contributed by atoms with Crippen molar-refractivity contribution in [3.05, 3.63) is 0 Å². The van der Waals surface area contributed by atoms with Crippen LogP contribution in [0.15, 0.2) is 0 Å². The molecule has 0 aromatic heterocycles. The van der Waals surface area contributed by atoms with Crippen LogP contribution in [-0.4, -0.2) is 22.4 Å². The molecule has 0 heterocycles. The molecule has 2 heteroatoms. The summed E-state index contributed by atoms with van der Waals surface area (Å²) in [4.78, 5) is 0. The fourth-order valence-corrected chi connectivity index (χ4v) is 2.54. The maximum Gasteiger partial charge on any atom is 0.0572 e. The fourth-order valence-electron chi connectivity index (χ4n) is 2.54. The summed E-state index contributed by atoms with van der Waals surface area (Å²) in [5.41, 5.74) is 0. The van der Waals surface area contributed by atoms with E-state index in [-0.39, 0.29) is 12.2 Å². The quantitative estimate of drug-likeness (QED) is 0.518. The summed E-state index contributed by atoms with van der Waals surface area (Å²) in [7, 11) is 0. The third-order valence-electron chi connectivity index (χ3n) is 3.13. The maximum atomic E-state index is 9.41. The van der Waals surface area contributed by atoms with E-state index in [0.29, 0.717) is 11.8 Å². The van der Waals surface area contributed by atoms with Gasteiger partial charge in [0.15, 0.2) is 0 Å². The van der Waals surface area contributed by atoms with Crippen LogP contribution >= 0.6 is 0 Å². The molecule has 2 saturated carbocycles. The lowest BCUT2D eigenvalue weighted by Crippen LogP contribution is -2.18. The molecule has 2 aliphatic carbocycles. The van der Waals surface area contributed by atoms with Crippen LogP contribution in [0.1, 0.15) is 25.7 Å². The molecule has 0 aliphatic heterocycles. The van der Waals surface area contributed by atoms with Crippen LogP contribution in [0.5, 0.6) is 0 Å². The Kier molecular flexibility index (Phi) is 1.46. The molecule has 2 fully saturated rings. The van der Waals surface area contributed by atoms with Gasteiger partial charge in [0.2, 0.25) is 0 Å². The summed E-state index contributed by atoms with van der Waals surface area (Å²) in [6, 6.07) is 0. The highest BCUT2D eigenvalue weighted by Crippen LogP contribution is 2.43. The van der Waals surface area contributed by atoms with Gasteiger partial charge >= 0.3 is 0 Å². The van der Waals surface area contributed by atoms with E-state index >= 15 is 0 Å². The van der Waals surface area contributed by atoms with Crippen molar-refractivity contribution in [3.63, 3.8) is 0 Å². The molecule has 58 valence electrons. The average molecular weight is 142 g/mol. The number of hydrogen-bond donors (Lipinski definition) is 2. The molecule has 0 saturated heterocycles. The van der Waals surface area contributed by atoms with Crippen LogP contribution in [0.4, 0.5) is 0 Å². The van der Waals surface area contributed by atoms with E-state index in [9.17, 15) is 10.2 Å². The second kappa shape index (κ2) is 2.21. The summed E-state index contributed by atoms with van der Waals surface area (Å²) in [5, 5.41) is 18.8. The van der Waals surface area contributed by atoms with Crippen LogP contribution < -0.4 is 0 Å². The molecule has 0 aromatic rings. The molecule has 4 atom stereocenters. The number of aliphatic hydroxyl groups excluding tert-OH is 2. The van der Waals surface area contributed by atoms with Crippen LogP contribution in [0, 0.1) is 11.8 Å². The molecule has 0 aromatic carbocycles. The van der Waals surface area contributed by atoms with Gasteiger partial charge in [-0.3, -0.25) is 0 Å². The van der Waals surface area contributed by atoms with Crippen molar-refractivity contribution in [2.24, 2.45) is 11.8 Å². The number of hydrogen-bond acceptors (Lipinski definition) is 2. The second-order valence-electron chi connectivity index (χ2n) is 3.62. The van der Waals surface area contributed by atoms with Crippen molar-refractivity contribution < 1.29 is 10.2 Å². The minimum Gasteiger partial charge on any atom is -0.393 e. The third-order valence-corrected chi connectivity index (χ3v) is 3.13. The van der Waals surface area contributed by atoms with E-state index in [2.05, 4.69) is 0 Å². The SMILES string of the molecule is O[C@@H]1CC[C@H]2[C@H]1CC[C@H]2O. The van der Waals surface area contributed by atoms with Crippen molar-refractivity contribution in [1.82, 2.24) is 0 Å². The molecule has 2 aliphatic rings. The summed E-state index contributed by atoms with van der Waals surface area (Å²) in [5.74, 6) is 0.852. The molecule has 0 unspecified atom stereocenters. The minimum atomic E-state index is -0.109. The molecular weight excluding hydrogens is 128 g/mol. The van der Waals surface area contributed by atoms with Gasteiger partial charge in [0.05, 0.1) is 12.2 Å². The molecule has 0 bridgehead atoms.